The van der Waals surface area contributed by atoms with Crippen molar-refractivity contribution in [3.8, 4) is 0 Å². The Labute approximate surface area is 159 Å². The van der Waals surface area contributed by atoms with Gasteiger partial charge < -0.3 is 11.1 Å². The lowest BCUT2D eigenvalue weighted by molar-refractivity contribution is -0.134. The van der Waals surface area contributed by atoms with Gasteiger partial charge in [0.15, 0.2) is 0 Å². The highest BCUT2D eigenvalue weighted by Gasteiger charge is 2.30. The first-order valence-corrected chi connectivity index (χ1v) is 10.0. The van der Waals surface area contributed by atoms with E-state index in [-0.39, 0.29) is 48.1 Å². The van der Waals surface area contributed by atoms with Crippen LogP contribution in [0.5, 0.6) is 0 Å². The summed E-state index contributed by atoms with van der Waals surface area (Å²) in [6.07, 6.45) is 4.53. The summed E-state index contributed by atoms with van der Waals surface area (Å²) < 4.78 is 0. The van der Waals surface area contributed by atoms with E-state index in [9.17, 15) is 14.4 Å². The fraction of sp³-hybridized carbons (Fsp3) is 0.857. The standard InChI is InChI=1S/C21H40N2O3/c1-15(2)17(20(26)23-12-10-8-7-9-11-22)14-18(24)16(3)13-19(25)21(4,5)6/h15-17H,7-14,22H2,1-6H3,(H,23,26)/t16-,17+/m0/s1. The van der Waals surface area contributed by atoms with E-state index >= 15 is 0 Å². The number of unbranched alkanes of at least 4 members (excludes halogenated alkanes) is 3. The molecule has 0 saturated heterocycles. The Hall–Kier alpha value is -1.23. The summed E-state index contributed by atoms with van der Waals surface area (Å²) in [4.78, 5) is 37.1. The third-order valence-electron chi connectivity index (χ3n) is 4.87. The van der Waals surface area contributed by atoms with Gasteiger partial charge in [-0.15, -0.1) is 0 Å². The number of nitrogens with two attached hydrogens (primary N) is 1. The molecule has 0 unspecified atom stereocenters. The van der Waals surface area contributed by atoms with E-state index in [0.717, 1.165) is 25.7 Å². The molecule has 3 N–H and O–H groups in total. The van der Waals surface area contributed by atoms with Crippen molar-refractivity contribution in [2.45, 2.75) is 80.1 Å². The summed E-state index contributed by atoms with van der Waals surface area (Å²) in [5.41, 5.74) is 5.03. The van der Waals surface area contributed by atoms with Crippen LogP contribution in [-0.2, 0) is 14.4 Å². The van der Waals surface area contributed by atoms with Crippen molar-refractivity contribution in [3.63, 3.8) is 0 Å². The molecule has 0 heterocycles. The van der Waals surface area contributed by atoms with Crippen LogP contribution in [0.2, 0.25) is 0 Å². The third kappa shape index (κ3) is 10.0. The smallest absolute Gasteiger partial charge is 0.223 e. The maximum Gasteiger partial charge on any atom is 0.223 e. The van der Waals surface area contributed by atoms with Crippen molar-refractivity contribution in [3.05, 3.63) is 0 Å². The first-order valence-electron chi connectivity index (χ1n) is 10.0. The van der Waals surface area contributed by atoms with Crippen molar-refractivity contribution in [2.75, 3.05) is 13.1 Å². The van der Waals surface area contributed by atoms with Gasteiger partial charge in [0, 0.05) is 36.6 Å². The molecule has 26 heavy (non-hydrogen) atoms. The number of Topliss-reactive ketones (excluding diaryl/α,β-unsaturated/α-hetero) is 2. The minimum absolute atomic E-state index is 0.000559. The number of carbonyl (C=O) groups excluding carboxylic acids is 3. The Balaban J connectivity index is 4.50. The molecule has 0 radical (unpaired) electrons. The number of hydrogen-bond acceptors (Lipinski definition) is 4. The second-order valence-corrected chi connectivity index (χ2v) is 8.79. The molecular weight excluding hydrogens is 328 g/mol. The second-order valence-electron chi connectivity index (χ2n) is 8.79. The molecule has 0 bridgehead atoms. The van der Waals surface area contributed by atoms with E-state index in [1.54, 1.807) is 6.92 Å². The largest absolute Gasteiger partial charge is 0.356 e. The summed E-state index contributed by atoms with van der Waals surface area (Å²) in [6.45, 7) is 12.7. The Morgan fingerprint density at radius 1 is 0.923 bits per heavy atom. The molecule has 5 nitrogen and oxygen atoms in total. The van der Waals surface area contributed by atoms with E-state index in [4.69, 9.17) is 5.73 Å². The van der Waals surface area contributed by atoms with Crippen molar-refractivity contribution >= 4 is 17.5 Å². The van der Waals surface area contributed by atoms with Gasteiger partial charge in [-0.05, 0) is 25.3 Å². The minimum Gasteiger partial charge on any atom is -0.356 e. The molecule has 0 spiro atoms. The van der Waals surface area contributed by atoms with Crippen molar-refractivity contribution in [1.82, 2.24) is 5.32 Å². The summed E-state index contributed by atoms with van der Waals surface area (Å²) in [6, 6.07) is 0. The summed E-state index contributed by atoms with van der Waals surface area (Å²) in [7, 11) is 0. The van der Waals surface area contributed by atoms with Crippen LogP contribution in [0.1, 0.15) is 80.1 Å². The zero-order valence-electron chi connectivity index (χ0n) is 17.7. The number of rotatable bonds is 13. The monoisotopic (exact) mass is 368 g/mol. The molecule has 1 amide bonds. The zero-order valence-corrected chi connectivity index (χ0v) is 17.7. The number of hydrogen-bond donors (Lipinski definition) is 2. The maximum absolute atomic E-state index is 12.5. The lowest BCUT2D eigenvalue weighted by Crippen LogP contribution is -2.36. The number of ketones is 2. The van der Waals surface area contributed by atoms with E-state index in [0.29, 0.717) is 13.1 Å². The van der Waals surface area contributed by atoms with Gasteiger partial charge in [-0.2, -0.15) is 0 Å². The van der Waals surface area contributed by atoms with E-state index in [2.05, 4.69) is 5.32 Å². The van der Waals surface area contributed by atoms with Crippen LogP contribution in [0.25, 0.3) is 0 Å². The van der Waals surface area contributed by atoms with E-state index in [1.165, 1.54) is 0 Å². The molecule has 0 aromatic heterocycles. The molecule has 5 heteroatoms. The molecule has 152 valence electrons. The first-order chi connectivity index (χ1) is 12.0. The second kappa shape index (κ2) is 12.2. The predicted molar refractivity (Wildman–Crippen MR) is 107 cm³/mol. The van der Waals surface area contributed by atoms with E-state index < -0.39 is 5.41 Å². The molecule has 0 saturated carbocycles. The van der Waals surface area contributed by atoms with Crippen molar-refractivity contribution < 1.29 is 14.4 Å². The van der Waals surface area contributed by atoms with Gasteiger partial charge in [0.2, 0.25) is 5.91 Å². The Bertz CT molecular complexity index is 453. The van der Waals surface area contributed by atoms with Gasteiger partial charge in [-0.1, -0.05) is 54.4 Å². The van der Waals surface area contributed by atoms with Crippen molar-refractivity contribution in [2.24, 2.45) is 28.9 Å². The highest BCUT2D eigenvalue weighted by Crippen LogP contribution is 2.23. The highest BCUT2D eigenvalue weighted by atomic mass is 16.2. The Morgan fingerprint density at radius 2 is 1.50 bits per heavy atom. The molecule has 0 aromatic carbocycles. The van der Waals surface area contributed by atoms with Crippen LogP contribution < -0.4 is 11.1 Å². The number of nitrogens with one attached hydrogen (secondary N) is 1. The maximum atomic E-state index is 12.5. The quantitative estimate of drug-likeness (QED) is 0.487. The Morgan fingerprint density at radius 3 is 2.00 bits per heavy atom. The third-order valence-corrected chi connectivity index (χ3v) is 4.87. The number of carbonyl (C=O) groups is 3. The average molecular weight is 369 g/mol. The molecule has 0 aliphatic carbocycles. The number of amides is 1. The molecule has 0 aromatic rings. The lowest BCUT2D eigenvalue weighted by Gasteiger charge is -2.23. The van der Waals surface area contributed by atoms with Gasteiger partial charge in [-0.3, -0.25) is 14.4 Å². The van der Waals surface area contributed by atoms with Crippen LogP contribution in [0.3, 0.4) is 0 Å². The highest BCUT2D eigenvalue weighted by molar-refractivity contribution is 5.92. The van der Waals surface area contributed by atoms with Gasteiger partial charge in [0.1, 0.15) is 11.6 Å². The van der Waals surface area contributed by atoms with Crippen LogP contribution in [0, 0.1) is 23.2 Å². The van der Waals surface area contributed by atoms with Crippen LogP contribution >= 0.6 is 0 Å². The fourth-order valence-corrected chi connectivity index (χ4v) is 2.71. The van der Waals surface area contributed by atoms with Crippen LogP contribution in [0.15, 0.2) is 0 Å². The molecule has 2 atom stereocenters. The normalized spacial score (nSPS) is 14.2. The molecule has 0 rings (SSSR count). The SMILES string of the molecule is CC(C)[C@@H](CC(=O)[C@@H](C)CC(=O)C(C)(C)C)C(=O)NCCCCCCN. The average Bonchev–Trinajstić information content (AvgIpc) is 2.53. The van der Waals surface area contributed by atoms with E-state index in [1.807, 2.05) is 34.6 Å². The zero-order chi connectivity index (χ0) is 20.3. The predicted octanol–water partition coefficient (Wildman–Crippen LogP) is 3.49. The first kappa shape index (κ1) is 24.8. The van der Waals surface area contributed by atoms with Gasteiger partial charge in [-0.25, -0.2) is 0 Å². The van der Waals surface area contributed by atoms with Gasteiger partial charge >= 0.3 is 0 Å². The summed E-state index contributed by atoms with van der Waals surface area (Å²) in [5, 5.41) is 2.96. The van der Waals surface area contributed by atoms with Crippen molar-refractivity contribution in [1.29, 1.82) is 0 Å². The molecule has 0 aliphatic rings. The molecule has 0 aliphatic heterocycles. The lowest BCUT2D eigenvalue weighted by atomic mass is 9.81. The Kier molecular flexibility index (Phi) is 11.6. The minimum atomic E-state index is -0.437. The van der Waals surface area contributed by atoms with Gasteiger partial charge in [0.25, 0.3) is 0 Å². The summed E-state index contributed by atoms with van der Waals surface area (Å²) in [5.74, 6) is -0.560. The van der Waals surface area contributed by atoms with Crippen LogP contribution in [-0.4, -0.2) is 30.6 Å². The summed E-state index contributed by atoms with van der Waals surface area (Å²) >= 11 is 0. The fourth-order valence-electron chi connectivity index (χ4n) is 2.71. The van der Waals surface area contributed by atoms with Crippen LogP contribution in [0.4, 0.5) is 0 Å². The molecule has 0 fully saturated rings. The van der Waals surface area contributed by atoms with Gasteiger partial charge in [0.05, 0.1) is 0 Å². The molecular formula is C21H40N2O3. The topological polar surface area (TPSA) is 89.3 Å².